The van der Waals surface area contributed by atoms with Crippen molar-refractivity contribution < 1.29 is 82.6 Å². The number of benzene rings is 5. The lowest BCUT2D eigenvalue weighted by molar-refractivity contribution is 0.106. The number of allylic oxidation sites excluding steroid dienone is 1. The average Bonchev–Trinajstić information content (AvgIpc) is 3.30. The maximum Gasteiger partial charge on any atom is 0.296 e. The largest absolute Gasteiger partial charge is 0.396 e. The number of hydrazone groups is 1. The Bertz CT molecular complexity index is 4640. The molecule has 15 N–H and O–H groups in total. The van der Waals surface area contributed by atoms with Crippen LogP contribution in [0.5, 0.6) is 0 Å². The lowest BCUT2D eigenvalue weighted by Gasteiger charge is -2.23. The van der Waals surface area contributed by atoms with Crippen LogP contribution in [0.3, 0.4) is 0 Å². The summed E-state index contributed by atoms with van der Waals surface area (Å²) in [7, 11) is -30.8. The van der Waals surface area contributed by atoms with E-state index in [-0.39, 0.29) is 46.5 Å². The molecule has 42 heteroatoms. The molecule has 1 aliphatic carbocycles. The minimum absolute atomic E-state index is 0.0461. The molecule has 0 bridgehead atoms. The van der Waals surface area contributed by atoms with Gasteiger partial charge in [0.25, 0.3) is 60.7 Å². The summed E-state index contributed by atoms with van der Waals surface area (Å²) in [5.74, 6) is -2.90. The van der Waals surface area contributed by atoms with Gasteiger partial charge in [-0.05, 0) is 114 Å². The SMILES string of the molecule is Nc1c(NNc2cc(Nc3nc(Cl)nc(Nc4cccc(S(=O)(=O)O)c4)n3)ccc2S(=O)(=O)O)c(S(=O)(=O)O)cc2c1C(=O)/C(=N\Nc1cc(Nc3nc(Cl)nc(Nc4cccc(S(=O)(=O)O)c4)n3)ccc1S(=O)(=O)O)C(S(=O)(=O)O)=C2. The number of ketones is 1. The molecular weight excluding hydrogens is 1260 g/mol. The van der Waals surface area contributed by atoms with Crippen molar-refractivity contribution in [1.82, 2.24) is 29.9 Å². The van der Waals surface area contributed by atoms with Crippen molar-refractivity contribution in [3.05, 3.63) is 118 Å². The van der Waals surface area contributed by atoms with Crippen LogP contribution in [0.4, 0.5) is 69.3 Å². The molecule has 0 atom stereocenters. The molecule has 430 valence electrons. The number of rotatable bonds is 19. The number of Topliss-reactive ketones (excluding diaryl/α,β-unsaturated/α-hetero) is 1. The first-order valence-corrected chi connectivity index (χ1v) is 30.7. The molecule has 0 spiro atoms. The molecule has 8 rings (SSSR count). The zero-order valence-corrected chi connectivity index (χ0v) is 46.1. The predicted molar refractivity (Wildman–Crippen MR) is 291 cm³/mol. The molecule has 7 aromatic rings. The molecule has 0 saturated heterocycles. The standard InChI is InChI=1S/C40H31Cl2N15O19S6/c41-35-48-37(44-18-3-1-5-22(13-18)77(59,60)61)52-39(50-35)46-20-7-9-26(79(65,66)67)24(15-20)54-56-32-28(81(71,72)73)11-17-12-29(82(74,75)76)33(34(58)30(17)31(32)43)57-55-25-16-21(8-10-27(25)80(68,69)70)47-40-51-36(42)49-38(53-40)45-19-4-2-6-23(14-19)78(62,63)64/h1-16,54-56H,43H2,(H,59,60,61)(H,62,63,64)(H,65,66,67)(H,68,69,70)(H,71,72,73)(H,74,75,76)(H2,44,46,48,50,52)(H2,45,47,49,51,53)/b57-33-. The number of anilines is 12. The third-order valence-electron chi connectivity index (χ3n) is 10.5. The molecule has 5 aromatic carbocycles. The number of hydrogen-bond acceptors (Lipinski definition) is 28. The number of halogens is 2. The molecule has 0 amide bonds. The smallest absolute Gasteiger partial charge is 0.296 e. The summed E-state index contributed by atoms with van der Waals surface area (Å²) in [6.45, 7) is 0. The number of nitrogens with two attached hydrogens (primary N) is 1. The van der Waals surface area contributed by atoms with E-state index < -0.39 is 146 Å². The lowest BCUT2D eigenvalue weighted by atomic mass is 9.92. The highest BCUT2D eigenvalue weighted by Gasteiger charge is 2.37. The number of nitrogen functional groups attached to an aromatic ring is 1. The van der Waals surface area contributed by atoms with E-state index in [1.54, 1.807) is 0 Å². The molecule has 0 saturated carbocycles. The number of nitrogens with one attached hydrogen (secondary N) is 7. The Balaban J connectivity index is 1.12. The molecule has 2 heterocycles. The van der Waals surface area contributed by atoms with Gasteiger partial charge in [0, 0.05) is 22.7 Å². The van der Waals surface area contributed by atoms with Gasteiger partial charge in [0.2, 0.25) is 40.1 Å². The Kier molecular flexibility index (Phi) is 16.2. The predicted octanol–water partition coefficient (Wildman–Crippen LogP) is 4.49. The Hall–Kier alpha value is -8.36. The van der Waals surface area contributed by atoms with Gasteiger partial charge in [0.15, 0.2) is 5.71 Å². The van der Waals surface area contributed by atoms with Crippen LogP contribution in [0, 0.1) is 0 Å². The zero-order valence-electron chi connectivity index (χ0n) is 39.6. The summed E-state index contributed by atoms with van der Waals surface area (Å²) < 4.78 is 208. The third kappa shape index (κ3) is 14.0. The molecule has 1 aliphatic rings. The van der Waals surface area contributed by atoms with Crippen LogP contribution >= 0.6 is 23.2 Å². The van der Waals surface area contributed by atoms with Gasteiger partial charge < -0.3 is 27.0 Å². The van der Waals surface area contributed by atoms with E-state index in [2.05, 4.69) is 72.5 Å². The maximum atomic E-state index is 14.4. The van der Waals surface area contributed by atoms with Crippen molar-refractivity contribution in [2.45, 2.75) is 24.5 Å². The molecule has 0 aliphatic heterocycles. The number of hydrogen-bond donors (Lipinski definition) is 14. The van der Waals surface area contributed by atoms with E-state index >= 15 is 0 Å². The summed E-state index contributed by atoms with van der Waals surface area (Å²) in [5, 5.41) is 13.4. The molecule has 0 fully saturated rings. The van der Waals surface area contributed by atoms with Crippen molar-refractivity contribution in [3.8, 4) is 0 Å². The second-order valence-electron chi connectivity index (χ2n) is 16.1. The summed E-state index contributed by atoms with van der Waals surface area (Å²) in [6.07, 6.45) is 0.474. The zero-order chi connectivity index (χ0) is 60.1. The second kappa shape index (κ2) is 22.2. The van der Waals surface area contributed by atoms with Gasteiger partial charge in [0.05, 0.1) is 38.1 Å². The number of fused-ring (bicyclic) bond motifs is 1. The summed E-state index contributed by atoms with van der Waals surface area (Å²) in [4.78, 5) is 32.6. The van der Waals surface area contributed by atoms with E-state index in [4.69, 9.17) is 28.9 Å². The van der Waals surface area contributed by atoms with Crippen LogP contribution in [-0.2, 0) is 60.7 Å². The fourth-order valence-corrected chi connectivity index (χ4v) is 11.1. The Labute approximate surface area is 470 Å². The van der Waals surface area contributed by atoms with Gasteiger partial charge in [-0.3, -0.25) is 48.4 Å². The molecule has 82 heavy (non-hydrogen) atoms. The monoisotopic (exact) mass is 1290 g/mol. The van der Waals surface area contributed by atoms with Crippen LogP contribution in [0.25, 0.3) is 6.08 Å². The molecule has 34 nitrogen and oxygen atoms in total. The summed E-state index contributed by atoms with van der Waals surface area (Å²) in [6, 6.07) is 15.5. The Morgan fingerprint density at radius 1 is 0.463 bits per heavy atom. The molecule has 2 aromatic heterocycles. The first kappa shape index (κ1) is 59.8. The van der Waals surface area contributed by atoms with Gasteiger partial charge in [-0.25, -0.2) is 0 Å². The van der Waals surface area contributed by atoms with Crippen LogP contribution in [-0.4, -0.2) is 119 Å². The van der Waals surface area contributed by atoms with Gasteiger partial charge in [0.1, 0.15) is 19.6 Å². The van der Waals surface area contributed by atoms with Crippen LogP contribution in [0.1, 0.15) is 15.9 Å². The topological polar surface area (TPSA) is 543 Å². The van der Waals surface area contributed by atoms with Crippen molar-refractivity contribution in [2.75, 3.05) is 43.3 Å². The average molecular weight is 1290 g/mol. The highest BCUT2D eigenvalue weighted by molar-refractivity contribution is 7.91. The van der Waals surface area contributed by atoms with Gasteiger partial charge in [-0.1, -0.05) is 12.1 Å². The Morgan fingerprint density at radius 2 is 0.878 bits per heavy atom. The number of aromatic nitrogens is 6. The summed E-state index contributed by atoms with van der Waals surface area (Å²) in [5.41, 5.74) is 6.63. The Morgan fingerprint density at radius 3 is 1.29 bits per heavy atom. The van der Waals surface area contributed by atoms with Crippen LogP contribution in [0.2, 0.25) is 10.6 Å². The highest BCUT2D eigenvalue weighted by atomic mass is 35.5. The lowest BCUT2D eigenvalue weighted by Crippen LogP contribution is -2.29. The maximum absolute atomic E-state index is 14.4. The van der Waals surface area contributed by atoms with Crippen molar-refractivity contribution in [1.29, 1.82) is 0 Å². The normalized spacial score (nSPS) is 13.6. The van der Waals surface area contributed by atoms with Gasteiger partial charge in [-0.15, -0.1) is 0 Å². The minimum Gasteiger partial charge on any atom is -0.396 e. The van der Waals surface area contributed by atoms with Gasteiger partial charge in [-0.2, -0.15) is 85.5 Å². The number of carbonyl (C=O) groups is 1. The van der Waals surface area contributed by atoms with Crippen LogP contribution in [0.15, 0.2) is 125 Å². The van der Waals surface area contributed by atoms with Crippen molar-refractivity contribution in [2.24, 2.45) is 5.10 Å². The van der Waals surface area contributed by atoms with E-state index in [1.807, 2.05) is 0 Å². The number of hydrazine groups is 1. The first-order chi connectivity index (χ1) is 38.0. The molecular formula is C40H31Cl2N15O19S6. The highest BCUT2D eigenvalue weighted by Crippen LogP contribution is 2.40. The molecule has 0 unspecified atom stereocenters. The van der Waals surface area contributed by atoms with E-state index in [0.717, 1.165) is 60.7 Å². The number of carbonyl (C=O) groups excluding carboxylic acids is 1. The van der Waals surface area contributed by atoms with Gasteiger partial charge >= 0.3 is 0 Å². The van der Waals surface area contributed by atoms with E-state index in [0.29, 0.717) is 12.1 Å². The van der Waals surface area contributed by atoms with Crippen LogP contribution < -0.4 is 43.3 Å². The first-order valence-electron chi connectivity index (χ1n) is 21.3. The fourth-order valence-electron chi connectivity index (χ4n) is 7.15. The summed E-state index contributed by atoms with van der Waals surface area (Å²) >= 11 is 12.2. The van der Waals surface area contributed by atoms with Crippen molar-refractivity contribution >= 4 is 171 Å². The van der Waals surface area contributed by atoms with E-state index in [1.165, 1.54) is 24.3 Å². The third-order valence-corrected chi connectivity index (χ3v) is 16.1. The second-order valence-corrected chi connectivity index (χ2v) is 25.2. The minimum atomic E-state index is -5.58. The van der Waals surface area contributed by atoms with E-state index in [9.17, 15) is 82.6 Å². The molecule has 0 radical (unpaired) electrons. The fraction of sp³-hybridized carbons (Fsp3) is 0. The van der Waals surface area contributed by atoms with Crippen molar-refractivity contribution in [3.63, 3.8) is 0 Å². The quantitative estimate of drug-likeness (QED) is 0.0301. The number of nitrogens with zero attached hydrogens (tertiary/aromatic N) is 7.